The first-order valence-electron chi connectivity index (χ1n) is 5.95. The number of nitrogens with one attached hydrogen (secondary N) is 1. The molecule has 0 saturated heterocycles. The number of carbonyl (C=O) groups is 1. The van der Waals surface area contributed by atoms with Crippen LogP contribution in [0.1, 0.15) is 51.9 Å². The summed E-state index contributed by atoms with van der Waals surface area (Å²) >= 11 is 0. The molecule has 1 N–H and O–H groups in total. The Balaban J connectivity index is 2.24. The van der Waals surface area contributed by atoms with Gasteiger partial charge in [-0.05, 0) is 25.2 Å². The largest absolute Gasteiger partial charge is 0.340 e. The van der Waals surface area contributed by atoms with Crippen molar-refractivity contribution in [3.63, 3.8) is 0 Å². The average molecular weight is 208 g/mol. The van der Waals surface area contributed by atoms with Gasteiger partial charge in [0.2, 0.25) is 5.91 Å². The van der Waals surface area contributed by atoms with Crippen LogP contribution < -0.4 is 5.32 Å². The van der Waals surface area contributed by atoms with Gasteiger partial charge < -0.3 is 5.32 Å². The van der Waals surface area contributed by atoms with Crippen molar-refractivity contribution in [3.8, 4) is 6.07 Å². The molecule has 3 heteroatoms. The summed E-state index contributed by atoms with van der Waals surface area (Å²) in [5, 5.41) is 11.6. The van der Waals surface area contributed by atoms with E-state index in [9.17, 15) is 4.79 Å². The summed E-state index contributed by atoms with van der Waals surface area (Å²) in [7, 11) is 0. The first-order chi connectivity index (χ1) is 7.26. The SMILES string of the molecule is CCCC(C#N)NC(=O)CC1CCCC1. The van der Waals surface area contributed by atoms with E-state index in [1.807, 2.05) is 6.92 Å². The van der Waals surface area contributed by atoms with Crippen molar-refractivity contribution >= 4 is 5.91 Å². The van der Waals surface area contributed by atoms with E-state index in [0.29, 0.717) is 12.3 Å². The van der Waals surface area contributed by atoms with Crippen LogP contribution in [-0.4, -0.2) is 11.9 Å². The molecule has 1 aliphatic carbocycles. The molecule has 0 aliphatic heterocycles. The van der Waals surface area contributed by atoms with E-state index in [0.717, 1.165) is 12.8 Å². The van der Waals surface area contributed by atoms with Crippen LogP contribution in [0, 0.1) is 17.2 Å². The maximum atomic E-state index is 11.6. The third kappa shape index (κ3) is 4.33. The minimum absolute atomic E-state index is 0.0573. The van der Waals surface area contributed by atoms with Crippen molar-refractivity contribution in [2.24, 2.45) is 5.92 Å². The summed E-state index contributed by atoms with van der Waals surface area (Å²) in [6.07, 6.45) is 7.18. The lowest BCUT2D eigenvalue weighted by Gasteiger charge is -2.12. The Morgan fingerprint density at radius 2 is 2.20 bits per heavy atom. The van der Waals surface area contributed by atoms with E-state index in [1.54, 1.807) is 0 Å². The number of hydrogen-bond acceptors (Lipinski definition) is 2. The van der Waals surface area contributed by atoms with Gasteiger partial charge in [0, 0.05) is 6.42 Å². The molecule has 0 aromatic carbocycles. The molecule has 0 aromatic rings. The highest BCUT2D eigenvalue weighted by Crippen LogP contribution is 2.27. The lowest BCUT2D eigenvalue weighted by atomic mass is 10.0. The van der Waals surface area contributed by atoms with Crippen LogP contribution in [0.3, 0.4) is 0 Å². The molecule has 1 unspecified atom stereocenters. The number of rotatable bonds is 5. The van der Waals surface area contributed by atoms with Crippen LogP contribution in [0.2, 0.25) is 0 Å². The zero-order valence-electron chi connectivity index (χ0n) is 9.46. The van der Waals surface area contributed by atoms with Crippen molar-refractivity contribution in [3.05, 3.63) is 0 Å². The normalized spacial score (nSPS) is 18.4. The van der Waals surface area contributed by atoms with Crippen LogP contribution in [0.15, 0.2) is 0 Å². The van der Waals surface area contributed by atoms with Gasteiger partial charge in [0.05, 0.1) is 6.07 Å². The fourth-order valence-corrected chi connectivity index (χ4v) is 2.19. The average Bonchev–Trinajstić information content (AvgIpc) is 2.69. The number of hydrogen-bond donors (Lipinski definition) is 1. The van der Waals surface area contributed by atoms with E-state index < -0.39 is 0 Å². The predicted octanol–water partition coefficient (Wildman–Crippen LogP) is 2.38. The van der Waals surface area contributed by atoms with Crippen LogP contribution in [0.25, 0.3) is 0 Å². The summed E-state index contributed by atoms with van der Waals surface area (Å²) < 4.78 is 0. The van der Waals surface area contributed by atoms with E-state index in [2.05, 4.69) is 11.4 Å². The van der Waals surface area contributed by atoms with Gasteiger partial charge in [0.1, 0.15) is 6.04 Å². The van der Waals surface area contributed by atoms with Gasteiger partial charge in [-0.15, -0.1) is 0 Å². The van der Waals surface area contributed by atoms with Gasteiger partial charge in [0.25, 0.3) is 0 Å². The van der Waals surface area contributed by atoms with Gasteiger partial charge >= 0.3 is 0 Å². The Morgan fingerprint density at radius 3 is 2.73 bits per heavy atom. The molecule has 0 radical (unpaired) electrons. The second-order valence-electron chi connectivity index (χ2n) is 4.39. The van der Waals surface area contributed by atoms with Crippen LogP contribution in [-0.2, 0) is 4.79 Å². The molecule has 3 nitrogen and oxygen atoms in total. The van der Waals surface area contributed by atoms with Crippen LogP contribution >= 0.6 is 0 Å². The Morgan fingerprint density at radius 1 is 1.53 bits per heavy atom. The van der Waals surface area contributed by atoms with Crippen molar-refractivity contribution in [2.45, 2.75) is 57.9 Å². The molecular formula is C12H20N2O. The third-order valence-corrected chi connectivity index (χ3v) is 3.02. The molecule has 84 valence electrons. The fourth-order valence-electron chi connectivity index (χ4n) is 2.19. The summed E-state index contributed by atoms with van der Waals surface area (Å²) in [5.74, 6) is 0.618. The van der Waals surface area contributed by atoms with Gasteiger partial charge in [-0.3, -0.25) is 4.79 Å². The summed E-state index contributed by atoms with van der Waals surface area (Å²) in [6.45, 7) is 2.02. The third-order valence-electron chi connectivity index (χ3n) is 3.02. The van der Waals surface area contributed by atoms with Crippen molar-refractivity contribution in [1.29, 1.82) is 5.26 Å². The lowest BCUT2D eigenvalue weighted by Crippen LogP contribution is -2.34. The minimum Gasteiger partial charge on any atom is -0.340 e. The summed E-state index contributed by atoms with van der Waals surface area (Å²) in [6, 6.07) is 1.84. The maximum absolute atomic E-state index is 11.6. The number of carbonyl (C=O) groups excluding carboxylic acids is 1. The molecule has 1 amide bonds. The minimum atomic E-state index is -0.288. The summed E-state index contributed by atoms with van der Waals surface area (Å²) in [5.41, 5.74) is 0. The van der Waals surface area contributed by atoms with Gasteiger partial charge in [-0.25, -0.2) is 0 Å². The summed E-state index contributed by atoms with van der Waals surface area (Å²) in [4.78, 5) is 11.6. The standard InChI is InChI=1S/C12H20N2O/c1-2-5-11(9-13)14-12(15)8-10-6-3-4-7-10/h10-11H,2-8H2,1H3,(H,14,15). The second-order valence-corrected chi connectivity index (χ2v) is 4.39. The van der Waals surface area contributed by atoms with E-state index in [4.69, 9.17) is 5.26 Å². The predicted molar refractivity (Wildman–Crippen MR) is 59.0 cm³/mol. The van der Waals surface area contributed by atoms with Gasteiger partial charge in [0.15, 0.2) is 0 Å². The monoisotopic (exact) mass is 208 g/mol. The first kappa shape index (κ1) is 12.0. The zero-order chi connectivity index (χ0) is 11.1. The number of nitriles is 1. The fraction of sp³-hybridized carbons (Fsp3) is 0.833. The molecule has 1 rings (SSSR count). The molecule has 1 fully saturated rings. The molecule has 1 saturated carbocycles. The second kappa shape index (κ2) is 6.44. The molecule has 0 bridgehead atoms. The molecule has 0 spiro atoms. The molecule has 1 atom stereocenters. The Bertz CT molecular complexity index is 238. The highest BCUT2D eigenvalue weighted by molar-refractivity contribution is 5.76. The number of amides is 1. The Kier molecular flexibility index (Phi) is 5.17. The number of nitrogens with zero attached hydrogens (tertiary/aromatic N) is 1. The van der Waals surface area contributed by atoms with Crippen LogP contribution in [0.5, 0.6) is 0 Å². The highest BCUT2D eigenvalue weighted by Gasteiger charge is 2.19. The smallest absolute Gasteiger partial charge is 0.221 e. The zero-order valence-corrected chi connectivity index (χ0v) is 9.46. The molecule has 0 heterocycles. The molecular weight excluding hydrogens is 188 g/mol. The van der Waals surface area contributed by atoms with Crippen molar-refractivity contribution in [1.82, 2.24) is 5.32 Å². The quantitative estimate of drug-likeness (QED) is 0.754. The highest BCUT2D eigenvalue weighted by atomic mass is 16.1. The Hall–Kier alpha value is -1.04. The maximum Gasteiger partial charge on any atom is 0.221 e. The van der Waals surface area contributed by atoms with E-state index in [-0.39, 0.29) is 11.9 Å². The van der Waals surface area contributed by atoms with E-state index in [1.165, 1.54) is 25.7 Å². The molecule has 1 aliphatic rings. The Labute approximate surface area is 91.9 Å². The lowest BCUT2D eigenvalue weighted by molar-refractivity contribution is -0.122. The van der Waals surface area contributed by atoms with Crippen molar-refractivity contribution < 1.29 is 4.79 Å². The van der Waals surface area contributed by atoms with Crippen molar-refractivity contribution in [2.75, 3.05) is 0 Å². The van der Waals surface area contributed by atoms with E-state index >= 15 is 0 Å². The molecule has 15 heavy (non-hydrogen) atoms. The van der Waals surface area contributed by atoms with Crippen LogP contribution in [0.4, 0.5) is 0 Å². The molecule has 0 aromatic heterocycles. The van der Waals surface area contributed by atoms with Gasteiger partial charge in [-0.2, -0.15) is 5.26 Å². The first-order valence-corrected chi connectivity index (χ1v) is 5.95. The van der Waals surface area contributed by atoms with Gasteiger partial charge in [-0.1, -0.05) is 26.2 Å². The topological polar surface area (TPSA) is 52.9 Å².